The summed E-state index contributed by atoms with van der Waals surface area (Å²) in [5, 5.41) is 19.8. The molecule has 1 aromatic rings. The van der Waals surface area contributed by atoms with Crippen LogP contribution in [0.3, 0.4) is 0 Å². The van der Waals surface area contributed by atoms with Crippen LogP contribution in [0.25, 0.3) is 0 Å². The first-order valence-corrected chi connectivity index (χ1v) is 5.97. The van der Waals surface area contributed by atoms with E-state index < -0.39 is 16.4 Å². The van der Waals surface area contributed by atoms with Crippen molar-refractivity contribution in [2.45, 2.75) is 33.3 Å². The minimum atomic E-state index is -1.19. The summed E-state index contributed by atoms with van der Waals surface area (Å²) in [5.74, 6) is 0.0573. The van der Waals surface area contributed by atoms with Gasteiger partial charge in [-0.15, -0.1) is 0 Å². The first-order chi connectivity index (χ1) is 8.19. The van der Waals surface area contributed by atoms with Gasteiger partial charge in [0.2, 0.25) is 0 Å². The fourth-order valence-corrected chi connectivity index (χ4v) is 3.34. The van der Waals surface area contributed by atoms with Crippen molar-refractivity contribution in [1.29, 1.82) is 5.26 Å². The van der Waals surface area contributed by atoms with Gasteiger partial charge in [0.1, 0.15) is 5.60 Å². The summed E-state index contributed by atoms with van der Waals surface area (Å²) < 4.78 is 0. The highest BCUT2D eigenvalue weighted by molar-refractivity contribution is 5.99. The summed E-state index contributed by atoms with van der Waals surface area (Å²) in [4.78, 5) is 12.1. The quantitative estimate of drug-likeness (QED) is 0.823. The van der Waals surface area contributed by atoms with Gasteiger partial charge in [-0.2, -0.15) is 5.26 Å². The molecule has 1 fully saturated rings. The largest absolute Gasteiger partial charge is 0.383 e. The van der Waals surface area contributed by atoms with Crippen molar-refractivity contribution in [1.82, 2.24) is 0 Å². The molecule has 0 atom stereocenters. The lowest BCUT2D eigenvalue weighted by molar-refractivity contribution is -0.230. The molecule has 0 aromatic heterocycles. The average molecular weight is 243 g/mol. The Hall–Kier alpha value is -1.66. The molecular weight excluding hydrogens is 226 g/mol. The maximum absolute atomic E-state index is 12.1. The minimum Gasteiger partial charge on any atom is -0.383 e. The molecule has 0 amide bonds. The van der Waals surface area contributed by atoms with Gasteiger partial charge >= 0.3 is 0 Å². The third kappa shape index (κ3) is 1.19. The second-order valence-electron chi connectivity index (χ2n) is 5.98. The Morgan fingerprint density at radius 2 is 1.50 bits per heavy atom. The predicted molar refractivity (Wildman–Crippen MR) is 67.6 cm³/mol. The van der Waals surface area contributed by atoms with Gasteiger partial charge in [0.15, 0.2) is 5.78 Å². The summed E-state index contributed by atoms with van der Waals surface area (Å²) in [6, 6.07) is 8.84. The average Bonchev–Trinajstić information content (AvgIpc) is 2.36. The number of nitrogens with zero attached hydrogens (tertiary/aromatic N) is 1. The molecule has 0 bridgehead atoms. The summed E-state index contributed by atoms with van der Waals surface area (Å²) in [7, 11) is 0. The van der Waals surface area contributed by atoms with Gasteiger partial charge in [-0.3, -0.25) is 4.79 Å². The summed E-state index contributed by atoms with van der Waals surface area (Å²) in [6.45, 7) is 7.05. The molecule has 1 aliphatic carbocycles. The Balaban J connectivity index is 2.55. The van der Waals surface area contributed by atoms with Crippen LogP contribution in [-0.2, 0) is 10.4 Å². The van der Waals surface area contributed by atoms with Gasteiger partial charge in [0.25, 0.3) is 0 Å². The molecule has 18 heavy (non-hydrogen) atoms. The third-order valence-corrected chi connectivity index (χ3v) is 4.38. The number of rotatable bonds is 1. The SMILES string of the molecule is CC1(C)C(=O)C(C)(C)C1(O)c1ccc(C#N)cc1. The molecule has 0 heterocycles. The van der Waals surface area contributed by atoms with E-state index in [1.807, 2.05) is 6.07 Å². The van der Waals surface area contributed by atoms with Crippen molar-refractivity contribution >= 4 is 5.78 Å². The molecule has 0 radical (unpaired) electrons. The molecule has 0 spiro atoms. The maximum Gasteiger partial charge on any atom is 0.150 e. The Labute approximate surface area is 107 Å². The van der Waals surface area contributed by atoms with Gasteiger partial charge in [0, 0.05) is 0 Å². The summed E-state index contributed by atoms with van der Waals surface area (Å²) >= 11 is 0. The number of Topliss-reactive ketones (excluding diaryl/α,β-unsaturated/α-hetero) is 1. The summed E-state index contributed by atoms with van der Waals surface area (Å²) in [6.07, 6.45) is 0. The number of nitriles is 1. The molecule has 1 aromatic carbocycles. The monoisotopic (exact) mass is 243 g/mol. The molecule has 1 aliphatic rings. The molecule has 2 rings (SSSR count). The van der Waals surface area contributed by atoms with Crippen molar-refractivity contribution in [3.8, 4) is 6.07 Å². The second-order valence-corrected chi connectivity index (χ2v) is 5.98. The number of carbonyl (C=O) groups excluding carboxylic acids is 1. The summed E-state index contributed by atoms with van der Waals surface area (Å²) in [5.41, 5.74) is -1.56. The van der Waals surface area contributed by atoms with Crippen molar-refractivity contribution in [3.05, 3.63) is 35.4 Å². The lowest BCUT2D eigenvalue weighted by Gasteiger charge is -2.62. The van der Waals surface area contributed by atoms with Gasteiger partial charge in [0.05, 0.1) is 22.5 Å². The zero-order chi connectivity index (χ0) is 13.8. The van der Waals surface area contributed by atoms with Crippen molar-refractivity contribution in [3.63, 3.8) is 0 Å². The maximum atomic E-state index is 12.1. The Kier molecular flexibility index (Phi) is 2.43. The van der Waals surface area contributed by atoms with Crippen molar-refractivity contribution in [2.24, 2.45) is 10.8 Å². The Bertz CT molecular complexity index is 529. The fourth-order valence-electron chi connectivity index (χ4n) is 3.34. The van der Waals surface area contributed by atoms with E-state index in [1.54, 1.807) is 52.0 Å². The topological polar surface area (TPSA) is 61.1 Å². The number of ketones is 1. The standard InChI is InChI=1S/C15H17NO2/c1-13(2)12(17)14(3,4)15(13,18)11-7-5-10(9-16)6-8-11/h5-8,18H,1-4H3. The van der Waals surface area contributed by atoms with Crippen LogP contribution in [-0.4, -0.2) is 10.9 Å². The predicted octanol–water partition coefficient (Wildman–Crippen LogP) is 2.38. The lowest BCUT2D eigenvalue weighted by Crippen LogP contribution is -2.71. The first kappa shape index (κ1) is 12.8. The number of hydrogen-bond acceptors (Lipinski definition) is 3. The van der Waals surface area contributed by atoms with Crippen LogP contribution in [0.15, 0.2) is 24.3 Å². The van der Waals surface area contributed by atoms with Crippen molar-refractivity contribution in [2.75, 3.05) is 0 Å². The van der Waals surface area contributed by atoms with E-state index in [0.29, 0.717) is 11.1 Å². The van der Waals surface area contributed by atoms with Crippen LogP contribution < -0.4 is 0 Å². The Morgan fingerprint density at radius 1 is 1.06 bits per heavy atom. The van der Waals surface area contributed by atoms with Gasteiger partial charge in [-0.05, 0) is 45.4 Å². The van der Waals surface area contributed by atoms with E-state index in [4.69, 9.17) is 5.26 Å². The van der Waals surface area contributed by atoms with Gasteiger partial charge < -0.3 is 5.11 Å². The Morgan fingerprint density at radius 3 is 1.89 bits per heavy atom. The number of benzene rings is 1. The van der Waals surface area contributed by atoms with Crippen molar-refractivity contribution < 1.29 is 9.90 Å². The van der Waals surface area contributed by atoms with E-state index in [2.05, 4.69) is 0 Å². The lowest BCUT2D eigenvalue weighted by atomic mass is 9.42. The second kappa shape index (κ2) is 3.43. The number of hydrogen-bond donors (Lipinski definition) is 1. The normalized spacial score (nSPS) is 23.0. The third-order valence-electron chi connectivity index (χ3n) is 4.38. The molecule has 1 saturated carbocycles. The highest BCUT2D eigenvalue weighted by Gasteiger charge is 2.72. The molecule has 1 N–H and O–H groups in total. The molecule has 0 unspecified atom stereocenters. The molecule has 3 nitrogen and oxygen atoms in total. The van der Waals surface area contributed by atoms with Crippen LogP contribution >= 0.6 is 0 Å². The van der Waals surface area contributed by atoms with Crippen LogP contribution in [0, 0.1) is 22.2 Å². The molecule has 0 aliphatic heterocycles. The molecule has 0 saturated heterocycles. The van der Waals surface area contributed by atoms with E-state index >= 15 is 0 Å². The zero-order valence-electron chi connectivity index (χ0n) is 11.1. The van der Waals surface area contributed by atoms with E-state index in [1.165, 1.54) is 0 Å². The van der Waals surface area contributed by atoms with Crippen LogP contribution in [0.2, 0.25) is 0 Å². The van der Waals surface area contributed by atoms with E-state index in [0.717, 1.165) is 0 Å². The van der Waals surface area contributed by atoms with Gasteiger partial charge in [-0.25, -0.2) is 0 Å². The number of aliphatic hydroxyl groups is 1. The van der Waals surface area contributed by atoms with Crippen LogP contribution in [0.5, 0.6) is 0 Å². The minimum absolute atomic E-state index is 0.0573. The van der Waals surface area contributed by atoms with Crippen LogP contribution in [0.4, 0.5) is 0 Å². The molecule has 3 heteroatoms. The fraction of sp³-hybridized carbons (Fsp3) is 0.467. The zero-order valence-corrected chi connectivity index (χ0v) is 11.1. The van der Waals surface area contributed by atoms with E-state index in [-0.39, 0.29) is 5.78 Å². The highest BCUT2D eigenvalue weighted by Crippen LogP contribution is 2.63. The van der Waals surface area contributed by atoms with Crippen LogP contribution in [0.1, 0.15) is 38.8 Å². The molecular formula is C15H17NO2. The smallest absolute Gasteiger partial charge is 0.150 e. The van der Waals surface area contributed by atoms with Gasteiger partial charge in [-0.1, -0.05) is 12.1 Å². The highest BCUT2D eigenvalue weighted by atomic mass is 16.3. The number of carbonyl (C=O) groups is 1. The van der Waals surface area contributed by atoms with E-state index in [9.17, 15) is 9.90 Å². The first-order valence-electron chi connectivity index (χ1n) is 5.97. The molecule has 94 valence electrons.